The van der Waals surface area contributed by atoms with Crippen LogP contribution in [0.1, 0.15) is 35.2 Å². The maximum absolute atomic E-state index is 13.3. The van der Waals surface area contributed by atoms with Crippen molar-refractivity contribution in [3.63, 3.8) is 0 Å². The summed E-state index contributed by atoms with van der Waals surface area (Å²) >= 11 is 0. The van der Waals surface area contributed by atoms with Crippen molar-refractivity contribution in [2.75, 3.05) is 24.3 Å². The Morgan fingerprint density at radius 3 is 2.40 bits per heavy atom. The Labute approximate surface area is 204 Å². The van der Waals surface area contributed by atoms with Crippen LogP contribution < -0.4 is 11.1 Å². The number of carbonyl (C=O) groups excluding carboxylic acids is 1. The average Bonchev–Trinajstić information content (AvgIpc) is 2.91. The first-order chi connectivity index (χ1) is 17.0. The predicted octanol–water partition coefficient (Wildman–Crippen LogP) is 5.77. The van der Waals surface area contributed by atoms with Crippen molar-refractivity contribution in [3.8, 4) is 11.1 Å². The van der Waals surface area contributed by atoms with Crippen LogP contribution in [0.4, 0.5) is 15.8 Å². The van der Waals surface area contributed by atoms with Crippen molar-refractivity contribution in [2.24, 2.45) is 4.99 Å². The molecule has 5 nitrogen and oxygen atoms in total. The van der Waals surface area contributed by atoms with Gasteiger partial charge >= 0.3 is 0 Å². The van der Waals surface area contributed by atoms with E-state index >= 15 is 0 Å². The van der Waals surface area contributed by atoms with Gasteiger partial charge in [-0.15, -0.1) is 0 Å². The molecule has 178 valence electrons. The van der Waals surface area contributed by atoms with Crippen LogP contribution in [0.5, 0.6) is 0 Å². The number of nitrogens with one attached hydrogen (secondary N) is 1. The van der Waals surface area contributed by atoms with E-state index in [0.29, 0.717) is 30.2 Å². The van der Waals surface area contributed by atoms with E-state index in [0.717, 1.165) is 30.4 Å². The molecule has 0 radical (unpaired) electrons. The van der Waals surface area contributed by atoms with Crippen LogP contribution in [0.3, 0.4) is 0 Å². The summed E-state index contributed by atoms with van der Waals surface area (Å²) in [6.07, 6.45) is 8.76. The van der Waals surface area contributed by atoms with Gasteiger partial charge < -0.3 is 15.8 Å². The number of nitrogen functional groups attached to an aromatic ring is 1. The van der Waals surface area contributed by atoms with Gasteiger partial charge in [0.15, 0.2) is 0 Å². The molecule has 1 amide bonds. The molecule has 2 aliphatic heterocycles. The Morgan fingerprint density at radius 2 is 1.71 bits per heavy atom. The lowest BCUT2D eigenvalue weighted by Crippen LogP contribution is -2.43. The van der Waals surface area contributed by atoms with Crippen molar-refractivity contribution < 1.29 is 13.9 Å². The van der Waals surface area contributed by atoms with Gasteiger partial charge in [0.1, 0.15) is 5.82 Å². The third kappa shape index (κ3) is 4.75. The number of benzene rings is 3. The van der Waals surface area contributed by atoms with Gasteiger partial charge in [0, 0.05) is 30.4 Å². The Balaban J connectivity index is 1.36. The molecule has 3 aromatic rings. The van der Waals surface area contributed by atoms with Gasteiger partial charge in [-0.25, -0.2) is 4.39 Å². The van der Waals surface area contributed by atoms with Gasteiger partial charge in [0.25, 0.3) is 5.91 Å². The Kier molecular flexibility index (Phi) is 6.47. The second-order valence-corrected chi connectivity index (χ2v) is 9.09. The SMILES string of the molecule is Nc1ccc(-c2ccc(F)cc2)cc1NC(=O)c1ccc(C2(C3CC=CC=N3)CCOCC2)cc1. The number of hydrogen-bond acceptors (Lipinski definition) is 4. The molecule has 0 aliphatic carbocycles. The average molecular weight is 470 g/mol. The molecule has 0 bridgehead atoms. The van der Waals surface area contributed by atoms with Crippen molar-refractivity contribution in [3.05, 3.63) is 95.8 Å². The zero-order valence-electron chi connectivity index (χ0n) is 19.4. The maximum atomic E-state index is 13.3. The van der Waals surface area contributed by atoms with Crippen LogP contribution in [-0.2, 0) is 10.2 Å². The monoisotopic (exact) mass is 469 g/mol. The second-order valence-electron chi connectivity index (χ2n) is 9.09. The normalized spacial score (nSPS) is 18.8. The van der Waals surface area contributed by atoms with E-state index < -0.39 is 0 Å². The molecule has 1 unspecified atom stereocenters. The summed E-state index contributed by atoms with van der Waals surface area (Å²) in [5, 5.41) is 2.93. The zero-order valence-corrected chi connectivity index (χ0v) is 19.4. The first-order valence-corrected chi connectivity index (χ1v) is 11.9. The molecule has 0 saturated carbocycles. The first kappa shape index (κ1) is 23.0. The van der Waals surface area contributed by atoms with Crippen LogP contribution in [-0.4, -0.2) is 31.4 Å². The van der Waals surface area contributed by atoms with Gasteiger partial charge in [-0.1, -0.05) is 36.4 Å². The molecule has 0 aromatic heterocycles. The summed E-state index contributed by atoms with van der Waals surface area (Å²) in [4.78, 5) is 17.8. The number of rotatable bonds is 5. The molecule has 1 saturated heterocycles. The lowest BCUT2D eigenvalue weighted by molar-refractivity contribution is 0.0406. The number of anilines is 2. The molecule has 2 heterocycles. The second kappa shape index (κ2) is 9.84. The van der Waals surface area contributed by atoms with Crippen LogP contribution in [0, 0.1) is 5.82 Å². The topological polar surface area (TPSA) is 76.7 Å². The van der Waals surface area contributed by atoms with Crippen LogP contribution in [0.2, 0.25) is 0 Å². The predicted molar refractivity (Wildman–Crippen MR) is 138 cm³/mol. The highest BCUT2D eigenvalue weighted by atomic mass is 19.1. The van der Waals surface area contributed by atoms with Gasteiger partial charge in [-0.3, -0.25) is 9.79 Å². The van der Waals surface area contributed by atoms with E-state index in [9.17, 15) is 9.18 Å². The number of allylic oxidation sites excluding steroid dienone is 1. The van der Waals surface area contributed by atoms with Crippen molar-refractivity contribution >= 4 is 23.5 Å². The molecular formula is C29H28FN3O2. The van der Waals surface area contributed by atoms with E-state index in [1.807, 2.05) is 42.6 Å². The van der Waals surface area contributed by atoms with E-state index in [1.165, 1.54) is 17.7 Å². The molecule has 3 N–H and O–H groups in total. The summed E-state index contributed by atoms with van der Waals surface area (Å²) in [7, 11) is 0. The quantitative estimate of drug-likeness (QED) is 0.466. The number of nitrogens with two attached hydrogens (primary N) is 1. The van der Waals surface area contributed by atoms with Crippen molar-refractivity contribution in [1.82, 2.24) is 0 Å². The number of hydrogen-bond donors (Lipinski definition) is 2. The highest BCUT2D eigenvalue weighted by Gasteiger charge is 2.41. The number of carbonyl (C=O) groups is 1. The smallest absolute Gasteiger partial charge is 0.255 e. The van der Waals surface area contributed by atoms with E-state index in [2.05, 4.69) is 11.4 Å². The van der Waals surface area contributed by atoms with Crippen LogP contribution >= 0.6 is 0 Å². The number of dihydropyridines is 1. The Hall–Kier alpha value is -3.77. The van der Waals surface area contributed by atoms with E-state index in [4.69, 9.17) is 15.5 Å². The number of ether oxygens (including phenoxy) is 1. The fourth-order valence-electron chi connectivity index (χ4n) is 5.04. The lowest BCUT2D eigenvalue weighted by atomic mass is 9.67. The molecule has 5 rings (SSSR count). The Bertz CT molecular complexity index is 1260. The number of halogens is 1. The highest BCUT2D eigenvalue weighted by Crippen LogP contribution is 2.41. The zero-order chi connectivity index (χ0) is 24.3. The van der Waals surface area contributed by atoms with E-state index in [-0.39, 0.29) is 23.2 Å². The molecule has 2 aliphatic rings. The molecular weight excluding hydrogens is 441 g/mol. The molecule has 3 aromatic carbocycles. The third-order valence-electron chi connectivity index (χ3n) is 7.07. The van der Waals surface area contributed by atoms with E-state index in [1.54, 1.807) is 24.3 Å². The summed E-state index contributed by atoms with van der Waals surface area (Å²) in [5.74, 6) is -0.533. The minimum Gasteiger partial charge on any atom is -0.397 e. The third-order valence-corrected chi connectivity index (χ3v) is 7.07. The van der Waals surface area contributed by atoms with Gasteiger partial charge in [0.2, 0.25) is 0 Å². The first-order valence-electron chi connectivity index (χ1n) is 11.9. The molecule has 1 atom stereocenters. The minimum atomic E-state index is -0.296. The number of nitrogens with zero attached hydrogens (tertiary/aromatic N) is 1. The number of amides is 1. The number of aliphatic imine (C=N–C) groups is 1. The van der Waals surface area contributed by atoms with Gasteiger partial charge in [0.05, 0.1) is 17.4 Å². The largest absolute Gasteiger partial charge is 0.397 e. The fraction of sp³-hybridized carbons (Fsp3) is 0.241. The molecule has 1 fully saturated rings. The Morgan fingerprint density at radius 1 is 1.00 bits per heavy atom. The van der Waals surface area contributed by atoms with Gasteiger partial charge in [-0.2, -0.15) is 0 Å². The minimum absolute atomic E-state index is 0.0948. The molecule has 35 heavy (non-hydrogen) atoms. The van der Waals surface area contributed by atoms with Crippen molar-refractivity contribution in [1.29, 1.82) is 0 Å². The summed E-state index contributed by atoms with van der Waals surface area (Å²) in [6.45, 7) is 1.42. The maximum Gasteiger partial charge on any atom is 0.255 e. The highest BCUT2D eigenvalue weighted by molar-refractivity contribution is 6.06. The van der Waals surface area contributed by atoms with Crippen LogP contribution in [0.25, 0.3) is 11.1 Å². The van der Waals surface area contributed by atoms with Gasteiger partial charge in [-0.05, 0) is 78.4 Å². The summed E-state index contributed by atoms with van der Waals surface area (Å²) < 4.78 is 18.9. The standard InChI is InChI=1S/C29H28FN3O2/c30-24-11-6-20(7-12-24)22-8-13-25(31)26(19-22)33-28(34)21-4-9-23(10-5-21)29(14-17-35-18-15-29)27-3-1-2-16-32-27/h1-2,4-13,16,19,27H,3,14-15,17-18,31H2,(H,33,34). The molecule has 0 spiro atoms. The fourth-order valence-corrected chi connectivity index (χ4v) is 5.04. The lowest BCUT2D eigenvalue weighted by Gasteiger charge is -2.42. The summed E-state index contributed by atoms with van der Waals surface area (Å²) in [6, 6.07) is 19.6. The molecule has 6 heteroatoms. The van der Waals surface area contributed by atoms with Crippen molar-refractivity contribution in [2.45, 2.75) is 30.7 Å². The summed E-state index contributed by atoms with van der Waals surface area (Å²) in [5.41, 5.74) is 10.4. The van der Waals surface area contributed by atoms with Crippen LogP contribution in [0.15, 0.2) is 83.9 Å².